The van der Waals surface area contributed by atoms with Crippen LogP contribution in [0.15, 0.2) is 18.2 Å². The van der Waals surface area contributed by atoms with Crippen molar-refractivity contribution in [3.8, 4) is 0 Å². The van der Waals surface area contributed by atoms with E-state index in [4.69, 9.17) is 0 Å². The van der Waals surface area contributed by atoms with Crippen LogP contribution in [0.3, 0.4) is 0 Å². The highest BCUT2D eigenvalue weighted by Gasteiger charge is 2.38. The second-order valence-corrected chi connectivity index (χ2v) is 4.66. The van der Waals surface area contributed by atoms with Crippen LogP contribution in [0.1, 0.15) is 24.9 Å². The number of hydrogen-bond acceptors (Lipinski definition) is 5. The van der Waals surface area contributed by atoms with Crippen molar-refractivity contribution < 1.29 is 14.8 Å². The zero-order chi connectivity index (χ0) is 14.9. The van der Waals surface area contributed by atoms with Gasteiger partial charge in [0.05, 0.1) is 23.6 Å². The highest BCUT2D eigenvalue weighted by Crippen LogP contribution is 2.40. The van der Waals surface area contributed by atoms with E-state index in [0.717, 1.165) is 0 Å². The van der Waals surface area contributed by atoms with Crippen molar-refractivity contribution in [1.82, 2.24) is 5.32 Å². The number of aliphatic hydroxyl groups is 1. The third kappa shape index (κ3) is 2.25. The van der Waals surface area contributed by atoms with E-state index in [0.29, 0.717) is 5.56 Å². The minimum absolute atomic E-state index is 0.0516. The predicted molar refractivity (Wildman–Crippen MR) is 73.5 cm³/mol. The molecule has 0 unspecified atom stereocenters. The Morgan fingerprint density at radius 1 is 1.60 bits per heavy atom. The van der Waals surface area contributed by atoms with E-state index in [2.05, 4.69) is 5.32 Å². The minimum Gasteiger partial charge on any atom is -0.389 e. The number of carbonyl (C=O) groups is 1. The molecule has 7 heteroatoms. The van der Waals surface area contributed by atoms with E-state index < -0.39 is 17.1 Å². The van der Waals surface area contributed by atoms with Crippen molar-refractivity contribution in [2.75, 3.05) is 18.5 Å². The Balaban J connectivity index is 2.64. The van der Waals surface area contributed by atoms with Gasteiger partial charge in [0.25, 0.3) is 5.69 Å². The number of aliphatic hydroxyl groups excluding tert-OH is 1. The fourth-order valence-electron chi connectivity index (χ4n) is 2.60. The molecule has 1 amide bonds. The smallest absolute Gasteiger partial charge is 0.293 e. The maximum Gasteiger partial charge on any atom is 0.293 e. The Morgan fingerprint density at radius 3 is 2.85 bits per heavy atom. The van der Waals surface area contributed by atoms with E-state index in [1.807, 2.05) is 0 Å². The molecule has 0 aliphatic carbocycles. The standard InChI is InChI=1S/C13H17N3O4/c1-3-11(18)15-7-10(17)12(14-2)8-5-4-6-9(13(8)15)16(19)20/h4-6,10,12,14,17H,3,7H2,1-2H3/t10-,12-/m0/s1. The molecule has 2 N–H and O–H groups in total. The molecule has 1 heterocycles. The summed E-state index contributed by atoms with van der Waals surface area (Å²) in [5.41, 5.74) is 0.743. The SMILES string of the molecule is CCC(=O)N1C[C@H](O)[C@@H](NC)c2cccc([N+](=O)[O-])c21. The first kappa shape index (κ1) is 14.4. The molecule has 0 radical (unpaired) electrons. The van der Waals surface area contributed by atoms with Gasteiger partial charge in [-0.2, -0.15) is 0 Å². The average molecular weight is 279 g/mol. The number of nitrogens with one attached hydrogen (secondary N) is 1. The first-order valence-corrected chi connectivity index (χ1v) is 6.44. The van der Waals surface area contributed by atoms with Crippen molar-refractivity contribution in [2.24, 2.45) is 0 Å². The Hall–Kier alpha value is -1.99. The lowest BCUT2D eigenvalue weighted by atomic mass is 9.93. The van der Waals surface area contributed by atoms with Crippen LogP contribution in [0.5, 0.6) is 0 Å². The summed E-state index contributed by atoms with van der Waals surface area (Å²) in [5, 5.41) is 24.3. The van der Waals surface area contributed by atoms with Gasteiger partial charge >= 0.3 is 0 Å². The molecule has 0 saturated carbocycles. The van der Waals surface area contributed by atoms with Gasteiger partial charge in [0, 0.05) is 18.1 Å². The Kier molecular flexibility index (Phi) is 4.01. The van der Waals surface area contributed by atoms with E-state index >= 15 is 0 Å². The fourth-order valence-corrected chi connectivity index (χ4v) is 2.60. The molecule has 0 aromatic heterocycles. The number of β-amino-alcohol motifs (C(OH)–C–C–N with tert-alkyl or cyclic N) is 1. The van der Waals surface area contributed by atoms with Gasteiger partial charge in [0.1, 0.15) is 5.69 Å². The Morgan fingerprint density at radius 2 is 2.30 bits per heavy atom. The van der Waals surface area contributed by atoms with Crippen molar-refractivity contribution in [1.29, 1.82) is 0 Å². The molecule has 0 bridgehead atoms. The zero-order valence-corrected chi connectivity index (χ0v) is 11.4. The van der Waals surface area contributed by atoms with Gasteiger partial charge in [0.2, 0.25) is 5.91 Å². The summed E-state index contributed by atoms with van der Waals surface area (Å²) in [4.78, 5) is 24.0. The molecule has 0 spiro atoms. The summed E-state index contributed by atoms with van der Waals surface area (Å²) < 4.78 is 0. The summed E-state index contributed by atoms with van der Waals surface area (Å²) in [6, 6.07) is 4.21. The molecule has 1 aromatic carbocycles. The molecular weight excluding hydrogens is 262 g/mol. The molecule has 0 fully saturated rings. The normalized spacial score (nSPS) is 21.4. The first-order chi connectivity index (χ1) is 9.51. The third-order valence-corrected chi connectivity index (χ3v) is 3.52. The number of carbonyl (C=O) groups excluding carboxylic acids is 1. The largest absolute Gasteiger partial charge is 0.389 e. The number of nitro benzene ring substituents is 1. The van der Waals surface area contributed by atoms with Gasteiger partial charge < -0.3 is 15.3 Å². The minimum atomic E-state index is -0.801. The van der Waals surface area contributed by atoms with Crippen molar-refractivity contribution in [2.45, 2.75) is 25.5 Å². The lowest BCUT2D eigenvalue weighted by molar-refractivity contribution is -0.384. The highest BCUT2D eigenvalue weighted by molar-refractivity contribution is 5.97. The summed E-state index contributed by atoms with van der Waals surface area (Å²) in [5.74, 6) is -0.242. The van der Waals surface area contributed by atoms with E-state index in [1.54, 1.807) is 26.1 Å². The van der Waals surface area contributed by atoms with Crippen molar-refractivity contribution in [3.05, 3.63) is 33.9 Å². The molecule has 2 rings (SSSR count). The Labute approximate surface area is 116 Å². The van der Waals surface area contributed by atoms with Crippen LogP contribution in [0.25, 0.3) is 0 Å². The maximum atomic E-state index is 12.0. The molecule has 0 saturated heterocycles. The van der Waals surface area contributed by atoms with Gasteiger partial charge in [-0.05, 0) is 7.05 Å². The van der Waals surface area contributed by atoms with Gasteiger partial charge in [-0.25, -0.2) is 0 Å². The number of fused-ring (bicyclic) bond motifs is 1. The number of nitrogens with zero attached hydrogens (tertiary/aromatic N) is 2. The van der Waals surface area contributed by atoms with E-state index in [9.17, 15) is 20.0 Å². The quantitative estimate of drug-likeness (QED) is 0.635. The highest BCUT2D eigenvalue weighted by atomic mass is 16.6. The summed E-state index contributed by atoms with van der Waals surface area (Å²) >= 11 is 0. The second kappa shape index (κ2) is 5.56. The molecule has 2 atom stereocenters. The number of nitro groups is 1. The van der Waals surface area contributed by atoms with Crippen LogP contribution in [-0.2, 0) is 4.79 Å². The molecule has 7 nitrogen and oxygen atoms in total. The summed E-state index contributed by atoms with van der Waals surface area (Å²) in [7, 11) is 1.67. The third-order valence-electron chi connectivity index (χ3n) is 3.52. The van der Waals surface area contributed by atoms with Gasteiger partial charge in [0.15, 0.2) is 0 Å². The van der Waals surface area contributed by atoms with Crippen LogP contribution in [-0.4, -0.2) is 35.6 Å². The first-order valence-electron chi connectivity index (χ1n) is 6.44. The monoisotopic (exact) mass is 279 g/mol. The summed E-state index contributed by atoms with van der Waals surface area (Å²) in [6.45, 7) is 1.74. The fraction of sp³-hybridized carbons (Fsp3) is 0.462. The Bertz CT molecular complexity index is 546. The number of anilines is 1. The molecular formula is C13H17N3O4. The van der Waals surface area contributed by atoms with Gasteiger partial charge in [-0.15, -0.1) is 0 Å². The van der Waals surface area contributed by atoms with Crippen molar-refractivity contribution in [3.63, 3.8) is 0 Å². The van der Waals surface area contributed by atoms with E-state index in [1.165, 1.54) is 11.0 Å². The molecule has 1 aliphatic rings. The van der Waals surface area contributed by atoms with Crippen molar-refractivity contribution >= 4 is 17.3 Å². The number of para-hydroxylation sites is 1. The lowest BCUT2D eigenvalue weighted by Gasteiger charge is -2.37. The van der Waals surface area contributed by atoms with Gasteiger partial charge in [-0.1, -0.05) is 19.1 Å². The molecule has 1 aromatic rings. The number of hydrogen-bond donors (Lipinski definition) is 2. The van der Waals surface area contributed by atoms with Crippen LogP contribution < -0.4 is 10.2 Å². The van der Waals surface area contributed by atoms with Crippen LogP contribution in [0.4, 0.5) is 11.4 Å². The molecule has 108 valence electrons. The van der Waals surface area contributed by atoms with Gasteiger partial charge in [-0.3, -0.25) is 14.9 Å². The number of amides is 1. The van der Waals surface area contributed by atoms with Crippen LogP contribution >= 0.6 is 0 Å². The maximum absolute atomic E-state index is 12.0. The second-order valence-electron chi connectivity index (χ2n) is 4.66. The van der Waals surface area contributed by atoms with E-state index in [-0.39, 0.29) is 30.2 Å². The van der Waals surface area contributed by atoms with Crippen LogP contribution in [0.2, 0.25) is 0 Å². The average Bonchev–Trinajstić information content (AvgIpc) is 2.44. The molecule has 1 aliphatic heterocycles. The topological polar surface area (TPSA) is 95.7 Å². The number of likely N-dealkylation sites (N-methyl/N-ethyl adjacent to an activating group) is 1. The zero-order valence-electron chi connectivity index (χ0n) is 11.4. The predicted octanol–water partition coefficient (Wildman–Crippen LogP) is 0.973. The number of rotatable bonds is 3. The molecule has 20 heavy (non-hydrogen) atoms. The summed E-state index contributed by atoms with van der Waals surface area (Å²) in [6.07, 6.45) is -0.576. The lowest BCUT2D eigenvalue weighted by Crippen LogP contribution is -2.47. The number of benzene rings is 1. The van der Waals surface area contributed by atoms with Crippen LogP contribution in [0, 0.1) is 10.1 Å².